The summed E-state index contributed by atoms with van der Waals surface area (Å²) in [5.41, 5.74) is 2.09. The number of aliphatic carboxylic acids is 2. The Morgan fingerprint density at radius 3 is 2.54 bits per heavy atom. The number of methoxy groups -OCH3 is 1. The van der Waals surface area contributed by atoms with Gasteiger partial charge in [-0.15, -0.1) is 0 Å². The number of thioether (sulfide) groups is 1. The summed E-state index contributed by atoms with van der Waals surface area (Å²) >= 11 is 1.80. The zero-order valence-corrected chi connectivity index (χ0v) is 15.9. The third-order valence-corrected chi connectivity index (χ3v) is 3.99. The minimum Gasteiger partial charge on any atom is -0.478 e. The summed E-state index contributed by atoms with van der Waals surface area (Å²) in [6.07, 6.45) is 7.36. The van der Waals surface area contributed by atoms with Gasteiger partial charge in [0.25, 0.3) is 0 Å². The molecule has 0 radical (unpaired) electrons. The largest absolute Gasteiger partial charge is 0.478 e. The van der Waals surface area contributed by atoms with Crippen molar-refractivity contribution in [3.8, 4) is 5.95 Å². The number of aromatic nitrogens is 1. The Balaban J connectivity index is 0.000000359. The van der Waals surface area contributed by atoms with Gasteiger partial charge in [0.1, 0.15) is 5.69 Å². The van der Waals surface area contributed by atoms with Gasteiger partial charge in [0.05, 0.1) is 7.11 Å². The van der Waals surface area contributed by atoms with Crippen LogP contribution in [0.5, 0.6) is 5.95 Å². The number of carboxylic acid groups (broad SMARTS) is 2. The van der Waals surface area contributed by atoms with Crippen LogP contribution >= 0.6 is 11.8 Å². The lowest BCUT2D eigenvalue weighted by molar-refractivity contribution is -0.134. The Morgan fingerprint density at radius 1 is 1.38 bits per heavy atom. The third-order valence-electron chi connectivity index (χ3n) is 3.37. The van der Waals surface area contributed by atoms with E-state index in [0.717, 1.165) is 48.8 Å². The van der Waals surface area contributed by atoms with Gasteiger partial charge < -0.3 is 24.3 Å². The van der Waals surface area contributed by atoms with Crippen LogP contribution in [0.2, 0.25) is 0 Å². The Labute approximate surface area is 156 Å². The van der Waals surface area contributed by atoms with Crippen molar-refractivity contribution in [2.24, 2.45) is 0 Å². The number of aryl methyl sites for hydroxylation is 1. The van der Waals surface area contributed by atoms with E-state index in [0.29, 0.717) is 18.1 Å². The molecule has 0 saturated carbocycles. The number of ether oxygens (including phenoxy) is 1. The van der Waals surface area contributed by atoms with Crippen LogP contribution in [0, 0.1) is 0 Å². The fourth-order valence-electron chi connectivity index (χ4n) is 2.18. The summed E-state index contributed by atoms with van der Waals surface area (Å²) in [7, 11) is 3.75. The van der Waals surface area contributed by atoms with E-state index in [-0.39, 0.29) is 0 Å². The standard InChI is InChI=1S/C13H20N2O2S.C4H4O4/c1-15-7-4-5-10(9-15)12-14-11(6-8-18-3)13(16-2)17-12;5-3(6)1-2-4(7)8/h5H,4,6-9H2,1-3H3;1-2H,(H,5,6)(H,7,8). The van der Waals surface area contributed by atoms with Gasteiger partial charge in [0.15, 0.2) is 0 Å². The molecule has 0 aliphatic carbocycles. The number of oxazole rings is 1. The van der Waals surface area contributed by atoms with Gasteiger partial charge in [-0.2, -0.15) is 11.8 Å². The quantitative estimate of drug-likeness (QED) is 0.682. The molecule has 0 atom stereocenters. The van der Waals surface area contributed by atoms with Crippen LogP contribution in [0.15, 0.2) is 22.6 Å². The number of rotatable bonds is 7. The van der Waals surface area contributed by atoms with Gasteiger partial charge >= 0.3 is 17.9 Å². The second-order valence-electron chi connectivity index (χ2n) is 5.47. The zero-order valence-electron chi connectivity index (χ0n) is 15.1. The van der Waals surface area contributed by atoms with Crippen LogP contribution < -0.4 is 4.74 Å². The van der Waals surface area contributed by atoms with Crippen LogP contribution in [0.4, 0.5) is 0 Å². The molecule has 0 fully saturated rings. The van der Waals surface area contributed by atoms with Crippen molar-refractivity contribution in [1.29, 1.82) is 0 Å². The monoisotopic (exact) mass is 384 g/mol. The first-order valence-corrected chi connectivity index (χ1v) is 9.31. The summed E-state index contributed by atoms with van der Waals surface area (Å²) in [5, 5.41) is 15.6. The van der Waals surface area contributed by atoms with E-state index in [1.54, 1.807) is 18.9 Å². The van der Waals surface area contributed by atoms with Crippen molar-refractivity contribution in [3.05, 3.63) is 29.8 Å². The minimum atomic E-state index is -1.26. The highest BCUT2D eigenvalue weighted by atomic mass is 32.2. The molecule has 0 aromatic carbocycles. The number of nitrogens with zero attached hydrogens (tertiary/aromatic N) is 2. The maximum Gasteiger partial charge on any atom is 0.328 e. The number of hydrogen-bond donors (Lipinski definition) is 2. The lowest BCUT2D eigenvalue weighted by Gasteiger charge is -2.20. The molecule has 0 unspecified atom stereocenters. The number of carbonyl (C=O) groups is 2. The van der Waals surface area contributed by atoms with Gasteiger partial charge in [0.2, 0.25) is 5.89 Å². The van der Waals surface area contributed by atoms with E-state index >= 15 is 0 Å². The normalized spacial score (nSPS) is 14.5. The highest BCUT2D eigenvalue weighted by Gasteiger charge is 2.19. The maximum atomic E-state index is 9.55. The molecule has 1 aromatic rings. The summed E-state index contributed by atoms with van der Waals surface area (Å²) in [4.78, 5) is 26.0. The molecule has 8 nitrogen and oxygen atoms in total. The Bertz CT molecular complexity index is 652. The van der Waals surface area contributed by atoms with Gasteiger partial charge in [-0.05, 0) is 25.5 Å². The van der Waals surface area contributed by atoms with Crippen molar-refractivity contribution >= 4 is 29.3 Å². The molecule has 0 amide bonds. The SMILES string of the molecule is COc1oc(C2=CCCN(C)C2)nc1CCSC.O=C(O)C=CC(=O)O. The van der Waals surface area contributed by atoms with Crippen LogP contribution in [0.1, 0.15) is 18.0 Å². The Kier molecular flexibility index (Phi) is 9.53. The molecule has 2 N–H and O–H groups in total. The van der Waals surface area contributed by atoms with E-state index in [1.807, 2.05) is 0 Å². The first-order valence-electron chi connectivity index (χ1n) is 7.91. The maximum absolute atomic E-state index is 9.55. The van der Waals surface area contributed by atoms with E-state index in [1.165, 1.54) is 0 Å². The lowest BCUT2D eigenvalue weighted by atomic mass is 10.1. The summed E-state index contributed by atoms with van der Waals surface area (Å²) in [6, 6.07) is 0. The molecule has 2 rings (SSSR count). The van der Waals surface area contributed by atoms with E-state index in [9.17, 15) is 9.59 Å². The number of hydrogen-bond acceptors (Lipinski definition) is 7. The van der Waals surface area contributed by atoms with E-state index in [2.05, 4.69) is 29.3 Å². The van der Waals surface area contributed by atoms with Gasteiger partial charge in [-0.3, -0.25) is 0 Å². The van der Waals surface area contributed by atoms with Gasteiger partial charge in [-0.1, -0.05) is 6.08 Å². The molecule has 9 heteroatoms. The summed E-state index contributed by atoms with van der Waals surface area (Å²) < 4.78 is 11.0. The predicted molar refractivity (Wildman–Crippen MR) is 99.6 cm³/mol. The van der Waals surface area contributed by atoms with Crippen molar-refractivity contribution in [3.63, 3.8) is 0 Å². The summed E-state index contributed by atoms with van der Waals surface area (Å²) in [5.74, 6) is -0.205. The topological polar surface area (TPSA) is 113 Å². The first kappa shape index (κ1) is 21.8. The van der Waals surface area contributed by atoms with E-state index in [4.69, 9.17) is 19.4 Å². The molecule has 1 aromatic heterocycles. The average molecular weight is 384 g/mol. The van der Waals surface area contributed by atoms with Crippen LogP contribution in [0.25, 0.3) is 5.57 Å². The molecule has 0 saturated heterocycles. The van der Waals surface area contributed by atoms with Crippen LogP contribution in [-0.2, 0) is 16.0 Å². The number of carboxylic acids is 2. The van der Waals surface area contributed by atoms with Gasteiger partial charge in [-0.25, -0.2) is 14.6 Å². The Morgan fingerprint density at radius 2 is 2.04 bits per heavy atom. The fourth-order valence-corrected chi connectivity index (χ4v) is 2.58. The molecule has 144 valence electrons. The van der Waals surface area contributed by atoms with Crippen molar-refractivity contribution in [2.75, 3.05) is 39.3 Å². The summed E-state index contributed by atoms with van der Waals surface area (Å²) in [6.45, 7) is 1.99. The highest BCUT2D eigenvalue weighted by Crippen LogP contribution is 2.27. The molecular weight excluding hydrogens is 360 g/mol. The molecule has 1 aliphatic rings. The second-order valence-corrected chi connectivity index (χ2v) is 6.45. The third kappa shape index (κ3) is 7.75. The zero-order chi connectivity index (χ0) is 19.5. The van der Waals surface area contributed by atoms with Crippen molar-refractivity contribution in [2.45, 2.75) is 12.8 Å². The van der Waals surface area contributed by atoms with Crippen LogP contribution in [0.3, 0.4) is 0 Å². The van der Waals surface area contributed by atoms with Crippen molar-refractivity contribution in [1.82, 2.24) is 9.88 Å². The predicted octanol–water partition coefficient (Wildman–Crippen LogP) is 2.02. The molecule has 0 spiro atoms. The van der Waals surface area contributed by atoms with Crippen molar-refractivity contribution < 1.29 is 29.0 Å². The number of likely N-dealkylation sites (N-methyl/N-ethyl adjacent to an activating group) is 1. The Hall–Kier alpha value is -2.26. The lowest BCUT2D eigenvalue weighted by Crippen LogP contribution is -2.25. The van der Waals surface area contributed by atoms with Gasteiger partial charge in [0, 0.05) is 37.2 Å². The molecule has 1 aliphatic heterocycles. The van der Waals surface area contributed by atoms with E-state index < -0.39 is 11.9 Å². The van der Waals surface area contributed by atoms with Crippen LogP contribution in [-0.4, -0.2) is 71.3 Å². The molecule has 0 bridgehead atoms. The molecule has 26 heavy (non-hydrogen) atoms. The average Bonchev–Trinajstić information content (AvgIpc) is 3.02. The molecule has 2 heterocycles. The minimum absolute atomic E-state index is 0.558. The molecular formula is C17H24N2O6S. The smallest absolute Gasteiger partial charge is 0.328 e. The first-order chi connectivity index (χ1) is 12.4. The second kappa shape index (κ2) is 11.4. The highest BCUT2D eigenvalue weighted by molar-refractivity contribution is 7.98. The fraction of sp³-hybridized carbons (Fsp3) is 0.471.